The maximum Gasteiger partial charge on any atom is 0.124 e. The Morgan fingerprint density at radius 1 is 1.29 bits per heavy atom. The third-order valence-corrected chi connectivity index (χ3v) is 4.47. The van der Waals surface area contributed by atoms with E-state index in [0.29, 0.717) is 11.8 Å². The zero-order valence-corrected chi connectivity index (χ0v) is 11.1. The monoisotopic (exact) mass is 233 g/mol. The second kappa shape index (κ2) is 3.76. The molecule has 17 heavy (non-hydrogen) atoms. The van der Waals surface area contributed by atoms with Crippen molar-refractivity contribution in [2.24, 2.45) is 24.8 Å². The molecule has 1 aromatic heterocycles. The molecule has 2 aliphatic carbocycles. The first-order valence-electron chi connectivity index (χ1n) is 6.87. The molecule has 3 heteroatoms. The van der Waals surface area contributed by atoms with Crippen LogP contribution in [0.1, 0.15) is 50.3 Å². The van der Waals surface area contributed by atoms with Crippen molar-refractivity contribution >= 4 is 5.82 Å². The number of hydrogen-bond acceptors (Lipinski definition) is 2. The fourth-order valence-electron chi connectivity index (χ4n) is 3.49. The number of nitrogen functional groups attached to an aromatic ring is 1. The van der Waals surface area contributed by atoms with E-state index in [1.54, 1.807) is 0 Å². The highest BCUT2D eigenvalue weighted by atomic mass is 15.3. The van der Waals surface area contributed by atoms with Gasteiger partial charge in [0, 0.05) is 18.5 Å². The maximum absolute atomic E-state index is 6.17. The van der Waals surface area contributed by atoms with E-state index in [4.69, 9.17) is 10.8 Å². The van der Waals surface area contributed by atoms with Crippen molar-refractivity contribution in [3.8, 4) is 0 Å². The Balaban J connectivity index is 1.89. The van der Waals surface area contributed by atoms with Crippen LogP contribution in [0.25, 0.3) is 0 Å². The van der Waals surface area contributed by atoms with Crippen molar-refractivity contribution in [3.63, 3.8) is 0 Å². The van der Waals surface area contributed by atoms with E-state index >= 15 is 0 Å². The molecule has 3 nitrogen and oxygen atoms in total. The van der Waals surface area contributed by atoms with Gasteiger partial charge in [0.2, 0.25) is 0 Å². The normalized spacial score (nSPS) is 30.9. The first-order valence-corrected chi connectivity index (χ1v) is 6.87. The Kier molecular flexibility index (Phi) is 2.46. The molecule has 0 saturated heterocycles. The van der Waals surface area contributed by atoms with Crippen LogP contribution in [-0.2, 0) is 13.5 Å². The van der Waals surface area contributed by atoms with Crippen LogP contribution in [0.4, 0.5) is 5.82 Å². The van der Waals surface area contributed by atoms with Crippen molar-refractivity contribution in [2.45, 2.75) is 45.4 Å². The second-order valence-corrected chi connectivity index (χ2v) is 6.39. The molecule has 0 radical (unpaired) electrons. The summed E-state index contributed by atoms with van der Waals surface area (Å²) in [6.45, 7) is 4.50. The fraction of sp³-hybridized carbons (Fsp3) is 0.786. The van der Waals surface area contributed by atoms with E-state index in [1.165, 1.54) is 30.5 Å². The molecule has 2 unspecified atom stereocenters. The third-order valence-electron chi connectivity index (χ3n) is 4.47. The molecule has 94 valence electrons. The topological polar surface area (TPSA) is 43.8 Å². The molecule has 0 spiro atoms. The number of aromatic nitrogens is 2. The number of nitrogens with zero attached hydrogens (tertiary/aromatic N) is 2. The van der Waals surface area contributed by atoms with Crippen LogP contribution in [0.3, 0.4) is 0 Å². The van der Waals surface area contributed by atoms with E-state index in [2.05, 4.69) is 13.8 Å². The summed E-state index contributed by atoms with van der Waals surface area (Å²) in [5.41, 5.74) is 8.80. The molecular weight excluding hydrogens is 210 g/mol. The Hall–Kier alpha value is -0.990. The minimum atomic E-state index is 0.649. The molecular formula is C14H23N3. The van der Waals surface area contributed by atoms with Crippen molar-refractivity contribution < 1.29 is 0 Å². The molecule has 2 atom stereocenters. The van der Waals surface area contributed by atoms with Crippen molar-refractivity contribution in [2.75, 3.05) is 5.73 Å². The zero-order valence-electron chi connectivity index (χ0n) is 11.1. The standard InChI is InChI=1S/C14H23N3/c1-8(2)4-12-13(16-17(3)14(12)15)11-6-9-5-10(9)7-11/h8-11H,4-7,15H2,1-3H3. The minimum absolute atomic E-state index is 0.649. The summed E-state index contributed by atoms with van der Waals surface area (Å²) in [6, 6.07) is 0. The highest BCUT2D eigenvalue weighted by molar-refractivity contribution is 5.45. The van der Waals surface area contributed by atoms with Crippen LogP contribution < -0.4 is 5.73 Å². The molecule has 1 heterocycles. The summed E-state index contributed by atoms with van der Waals surface area (Å²) < 4.78 is 1.87. The van der Waals surface area contributed by atoms with Gasteiger partial charge in [0.15, 0.2) is 0 Å². The SMILES string of the molecule is CC(C)Cc1c(C2CC3CC3C2)nn(C)c1N. The molecule has 0 aliphatic heterocycles. The van der Waals surface area contributed by atoms with Crippen molar-refractivity contribution in [3.05, 3.63) is 11.3 Å². The summed E-state index contributed by atoms with van der Waals surface area (Å²) >= 11 is 0. The van der Waals surface area contributed by atoms with Gasteiger partial charge in [-0.25, -0.2) is 0 Å². The molecule has 0 bridgehead atoms. The van der Waals surface area contributed by atoms with Gasteiger partial charge in [-0.3, -0.25) is 4.68 Å². The van der Waals surface area contributed by atoms with Gasteiger partial charge < -0.3 is 5.73 Å². The molecule has 2 aliphatic rings. The van der Waals surface area contributed by atoms with Gasteiger partial charge in [-0.1, -0.05) is 13.8 Å². The smallest absolute Gasteiger partial charge is 0.124 e. The predicted octanol–water partition coefficient (Wildman–Crippen LogP) is 2.71. The van der Waals surface area contributed by atoms with Gasteiger partial charge in [-0.2, -0.15) is 5.10 Å². The average Bonchev–Trinajstić information content (AvgIpc) is 2.78. The van der Waals surface area contributed by atoms with Crippen molar-refractivity contribution in [1.82, 2.24) is 9.78 Å². The summed E-state index contributed by atoms with van der Waals surface area (Å²) in [5, 5.41) is 4.69. The van der Waals surface area contributed by atoms with Crippen LogP contribution in [-0.4, -0.2) is 9.78 Å². The first-order chi connectivity index (χ1) is 8.06. The minimum Gasteiger partial charge on any atom is -0.384 e. The lowest BCUT2D eigenvalue weighted by molar-refractivity contribution is 0.578. The second-order valence-electron chi connectivity index (χ2n) is 6.39. The quantitative estimate of drug-likeness (QED) is 0.872. The molecule has 2 N–H and O–H groups in total. The van der Waals surface area contributed by atoms with Crippen LogP contribution in [0, 0.1) is 17.8 Å². The summed E-state index contributed by atoms with van der Waals surface area (Å²) in [6.07, 6.45) is 5.25. The van der Waals surface area contributed by atoms with Crippen LogP contribution in [0.15, 0.2) is 0 Å². The number of anilines is 1. The molecule has 2 saturated carbocycles. The number of hydrogen-bond donors (Lipinski definition) is 1. The lowest BCUT2D eigenvalue weighted by atomic mass is 9.92. The first kappa shape index (κ1) is 11.1. The number of fused-ring (bicyclic) bond motifs is 1. The van der Waals surface area contributed by atoms with Gasteiger partial charge in [0.1, 0.15) is 5.82 Å². The van der Waals surface area contributed by atoms with Crippen LogP contribution in [0.2, 0.25) is 0 Å². The van der Waals surface area contributed by atoms with E-state index in [9.17, 15) is 0 Å². The van der Waals surface area contributed by atoms with Gasteiger partial charge in [0.25, 0.3) is 0 Å². The highest BCUT2D eigenvalue weighted by Gasteiger charge is 2.47. The molecule has 2 fully saturated rings. The molecule has 3 rings (SSSR count). The Labute approximate surface area is 103 Å². The number of nitrogens with two attached hydrogens (primary N) is 1. The largest absolute Gasteiger partial charge is 0.384 e. The van der Waals surface area contributed by atoms with Gasteiger partial charge in [-0.15, -0.1) is 0 Å². The Morgan fingerprint density at radius 2 is 1.94 bits per heavy atom. The summed E-state index contributed by atoms with van der Waals surface area (Å²) in [5.74, 6) is 4.24. The average molecular weight is 233 g/mol. The molecule has 0 amide bonds. The van der Waals surface area contributed by atoms with Gasteiger partial charge >= 0.3 is 0 Å². The number of rotatable bonds is 3. The number of aryl methyl sites for hydroxylation is 1. The summed E-state index contributed by atoms with van der Waals surface area (Å²) in [4.78, 5) is 0. The molecule has 1 aromatic rings. The fourth-order valence-corrected chi connectivity index (χ4v) is 3.49. The molecule has 0 aromatic carbocycles. The zero-order chi connectivity index (χ0) is 12.2. The van der Waals surface area contributed by atoms with Crippen LogP contribution in [0.5, 0.6) is 0 Å². The van der Waals surface area contributed by atoms with Gasteiger partial charge in [0.05, 0.1) is 5.69 Å². The Morgan fingerprint density at radius 3 is 2.53 bits per heavy atom. The highest BCUT2D eigenvalue weighted by Crippen LogP contribution is 2.57. The third kappa shape index (κ3) is 1.85. The Bertz CT molecular complexity index is 423. The van der Waals surface area contributed by atoms with Gasteiger partial charge in [-0.05, 0) is 43.4 Å². The van der Waals surface area contributed by atoms with E-state index < -0.39 is 0 Å². The lowest BCUT2D eigenvalue weighted by Crippen LogP contribution is -2.04. The van der Waals surface area contributed by atoms with E-state index in [-0.39, 0.29) is 0 Å². The van der Waals surface area contributed by atoms with Crippen LogP contribution >= 0.6 is 0 Å². The lowest BCUT2D eigenvalue weighted by Gasteiger charge is -2.12. The van der Waals surface area contributed by atoms with Crippen molar-refractivity contribution in [1.29, 1.82) is 0 Å². The summed E-state index contributed by atoms with van der Waals surface area (Å²) in [7, 11) is 1.97. The van der Waals surface area contributed by atoms with E-state index in [0.717, 1.165) is 24.1 Å². The van der Waals surface area contributed by atoms with E-state index in [1.807, 2.05) is 11.7 Å². The predicted molar refractivity (Wildman–Crippen MR) is 69.7 cm³/mol. The maximum atomic E-state index is 6.17.